The van der Waals surface area contributed by atoms with Gasteiger partial charge in [-0.3, -0.25) is 9.69 Å². The third kappa shape index (κ3) is 3.37. The molecule has 5 rings (SSSR count). The lowest BCUT2D eigenvalue weighted by Gasteiger charge is -2.44. The molecule has 6 nitrogen and oxygen atoms in total. The van der Waals surface area contributed by atoms with Crippen LogP contribution in [0.25, 0.3) is 10.9 Å². The lowest BCUT2D eigenvalue weighted by molar-refractivity contribution is -0.0249. The van der Waals surface area contributed by atoms with Crippen LogP contribution in [0.4, 0.5) is 0 Å². The number of amides is 1. The predicted octanol–water partition coefficient (Wildman–Crippen LogP) is 1.64. The first-order chi connectivity index (χ1) is 14.0. The van der Waals surface area contributed by atoms with Crippen molar-refractivity contribution in [2.45, 2.75) is 25.0 Å². The molecule has 3 aliphatic rings. The third-order valence-corrected chi connectivity index (χ3v) is 7.53. The van der Waals surface area contributed by atoms with Crippen LogP contribution in [0.1, 0.15) is 23.2 Å². The predicted molar refractivity (Wildman–Crippen MR) is 114 cm³/mol. The van der Waals surface area contributed by atoms with E-state index in [4.69, 9.17) is 0 Å². The summed E-state index contributed by atoms with van der Waals surface area (Å²) in [5, 5.41) is 11.9. The Morgan fingerprint density at radius 2 is 1.69 bits per heavy atom. The Hall–Kier alpha value is -1.89. The molecule has 1 amide bonds. The van der Waals surface area contributed by atoms with E-state index in [1.807, 2.05) is 40.9 Å². The first kappa shape index (κ1) is 19.1. The van der Waals surface area contributed by atoms with Gasteiger partial charge in [-0.2, -0.15) is 0 Å². The Bertz CT molecular complexity index is 901. The lowest BCUT2D eigenvalue weighted by Crippen LogP contribution is -2.55. The van der Waals surface area contributed by atoms with Crippen LogP contribution in [-0.4, -0.2) is 88.7 Å². The second kappa shape index (κ2) is 7.42. The van der Waals surface area contributed by atoms with Gasteiger partial charge in [-0.15, -0.1) is 0 Å². The van der Waals surface area contributed by atoms with Gasteiger partial charge in [0, 0.05) is 69.5 Å². The van der Waals surface area contributed by atoms with Crippen LogP contribution in [0.2, 0.25) is 0 Å². The molecule has 2 saturated heterocycles. The molecule has 1 aromatic heterocycles. The van der Waals surface area contributed by atoms with Crippen LogP contribution in [0, 0.1) is 11.8 Å². The number of benzene rings is 1. The minimum atomic E-state index is -0.271. The highest BCUT2D eigenvalue weighted by Gasteiger charge is 2.45. The molecule has 2 aromatic rings. The zero-order valence-electron chi connectivity index (χ0n) is 17.5. The van der Waals surface area contributed by atoms with Crippen LogP contribution in [0.5, 0.6) is 0 Å². The van der Waals surface area contributed by atoms with Crippen molar-refractivity contribution < 1.29 is 9.90 Å². The molecule has 156 valence electrons. The van der Waals surface area contributed by atoms with Crippen molar-refractivity contribution in [1.29, 1.82) is 0 Å². The summed E-state index contributed by atoms with van der Waals surface area (Å²) in [5.74, 6) is 1.07. The number of hydrogen-bond acceptors (Lipinski definition) is 4. The summed E-state index contributed by atoms with van der Waals surface area (Å²) < 4.78 is 2.04. The van der Waals surface area contributed by atoms with Crippen molar-refractivity contribution in [3.05, 3.63) is 36.0 Å². The van der Waals surface area contributed by atoms with Crippen molar-refractivity contribution in [3.8, 4) is 0 Å². The van der Waals surface area contributed by atoms with Gasteiger partial charge in [-0.1, -0.05) is 18.2 Å². The average molecular weight is 397 g/mol. The molecule has 6 heteroatoms. The average Bonchev–Trinajstić information content (AvgIpc) is 3.29. The number of likely N-dealkylation sites (N-methyl/N-ethyl adjacent to an activating group) is 1. The third-order valence-electron chi connectivity index (χ3n) is 7.53. The molecule has 0 bridgehead atoms. The minimum Gasteiger partial charge on any atom is -0.391 e. The minimum absolute atomic E-state index is 0.141. The van der Waals surface area contributed by atoms with Gasteiger partial charge in [-0.25, -0.2) is 0 Å². The van der Waals surface area contributed by atoms with E-state index in [9.17, 15) is 9.90 Å². The number of rotatable bonds is 2. The summed E-state index contributed by atoms with van der Waals surface area (Å²) in [6.45, 7) is 5.82. The summed E-state index contributed by atoms with van der Waals surface area (Å²) in [6, 6.07) is 8.37. The van der Waals surface area contributed by atoms with Crippen LogP contribution < -0.4 is 0 Å². The smallest absolute Gasteiger partial charge is 0.256 e. The Morgan fingerprint density at radius 1 is 1.00 bits per heavy atom. The fourth-order valence-corrected chi connectivity index (χ4v) is 5.80. The molecule has 3 heterocycles. The maximum Gasteiger partial charge on any atom is 0.256 e. The highest BCUT2D eigenvalue weighted by molar-refractivity contribution is 6.07. The topological polar surface area (TPSA) is 52.0 Å². The molecule has 1 aromatic carbocycles. The van der Waals surface area contributed by atoms with Crippen LogP contribution >= 0.6 is 0 Å². The fourth-order valence-electron chi connectivity index (χ4n) is 5.80. The van der Waals surface area contributed by atoms with E-state index in [1.54, 1.807) is 0 Å². The molecular formula is C23H32N4O2. The fraction of sp³-hybridized carbons (Fsp3) is 0.609. The van der Waals surface area contributed by atoms with Crippen LogP contribution in [0.3, 0.4) is 0 Å². The first-order valence-corrected chi connectivity index (χ1v) is 10.9. The van der Waals surface area contributed by atoms with Gasteiger partial charge in [0.15, 0.2) is 0 Å². The van der Waals surface area contributed by atoms with Gasteiger partial charge >= 0.3 is 0 Å². The normalized spacial score (nSPS) is 31.3. The Balaban J connectivity index is 1.31. The first-order valence-electron chi connectivity index (χ1n) is 10.9. The van der Waals surface area contributed by atoms with Crippen molar-refractivity contribution >= 4 is 16.8 Å². The van der Waals surface area contributed by atoms with Crippen molar-refractivity contribution in [1.82, 2.24) is 19.3 Å². The lowest BCUT2D eigenvalue weighted by atomic mass is 9.77. The van der Waals surface area contributed by atoms with E-state index in [2.05, 4.69) is 22.9 Å². The number of aliphatic hydroxyl groups is 1. The van der Waals surface area contributed by atoms with E-state index in [-0.39, 0.29) is 18.1 Å². The van der Waals surface area contributed by atoms with E-state index in [0.29, 0.717) is 11.8 Å². The molecule has 1 saturated carbocycles. The van der Waals surface area contributed by atoms with E-state index in [1.165, 1.54) is 0 Å². The van der Waals surface area contributed by atoms with Gasteiger partial charge < -0.3 is 19.5 Å². The van der Waals surface area contributed by atoms with Gasteiger partial charge in [0.2, 0.25) is 0 Å². The summed E-state index contributed by atoms with van der Waals surface area (Å²) in [5.41, 5.74) is 1.90. The highest BCUT2D eigenvalue weighted by Crippen LogP contribution is 2.39. The molecule has 0 radical (unpaired) electrons. The Labute approximate surface area is 172 Å². The summed E-state index contributed by atoms with van der Waals surface area (Å²) >= 11 is 0. The number of hydrogen-bond donors (Lipinski definition) is 1. The molecular weight excluding hydrogens is 364 g/mol. The number of piperazine rings is 1. The second-order valence-electron chi connectivity index (χ2n) is 9.35. The van der Waals surface area contributed by atoms with E-state index in [0.717, 1.165) is 68.6 Å². The quantitative estimate of drug-likeness (QED) is 0.839. The molecule has 2 aliphatic heterocycles. The summed E-state index contributed by atoms with van der Waals surface area (Å²) in [4.78, 5) is 20.2. The summed E-state index contributed by atoms with van der Waals surface area (Å²) in [7, 11) is 4.16. The largest absolute Gasteiger partial charge is 0.391 e. The van der Waals surface area contributed by atoms with Crippen molar-refractivity contribution in [2.75, 3.05) is 46.3 Å². The molecule has 3 fully saturated rings. The molecule has 4 atom stereocenters. The Kier molecular flexibility index (Phi) is 4.88. The monoisotopic (exact) mass is 396 g/mol. The molecule has 0 spiro atoms. The molecule has 1 aliphatic carbocycles. The van der Waals surface area contributed by atoms with Crippen molar-refractivity contribution in [2.24, 2.45) is 18.9 Å². The van der Waals surface area contributed by atoms with Gasteiger partial charge in [0.05, 0.1) is 11.7 Å². The van der Waals surface area contributed by atoms with Crippen molar-refractivity contribution in [3.63, 3.8) is 0 Å². The number of aliphatic hydroxyl groups excluding tert-OH is 1. The molecule has 0 unspecified atom stereocenters. The number of aryl methyl sites for hydroxylation is 1. The van der Waals surface area contributed by atoms with E-state index >= 15 is 0 Å². The van der Waals surface area contributed by atoms with Crippen LogP contribution in [0.15, 0.2) is 30.5 Å². The SMILES string of the molecule is CN1CCN([C@@H]2C[C@@H]3CN(C(=O)c4cn(C)c5ccccc45)C[C@@H]3C[C@H]2O)CC1. The number of aromatic nitrogens is 1. The maximum atomic E-state index is 13.4. The van der Waals surface area contributed by atoms with Crippen LogP contribution in [-0.2, 0) is 7.05 Å². The van der Waals surface area contributed by atoms with Gasteiger partial charge in [0.1, 0.15) is 0 Å². The number of nitrogens with zero attached hydrogens (tertiary/aromatic N) is 4. The zero-order valence-corrected chi connectivity index (χ0v) is 17.5. The zero-order chi connectivity index (χ0) is 20.1. The van der Waals surface area contributed by atoms with Gasteiger partial charge in [-0.05, 0) is 37.8 Å². The second-order valence-corrected chi connectivity index (χ2v) is 9.35. The Morgan fingerprint density at radius 3 is 2.45 bits per heavy atom. The highest BCUT2D eigenvalue weighted by atomic mass is 16.3. The number of carbonyl (C=O) groups is 1. The molecule has 1 N–H and O–H groups in total. The number of carbonyl (C=O) groups excluding carboxylic acids is 1. The van der Waals surface area contributed by atoms with E-state index < -0.39 is 0 Å². The molecule has 29 heavy (non-hydrogen) atoms. The number of fused-ring (bicyclic) bond motifs is 2. The maximum absolute atomic E-state index is 13.4. The summed E-state index contributed by atoms with van der Waals surface area (Å²) in [6.07, 6.45) is 3.53. The standard InChI is InChI=1S/C23H32N4O2/c1-24-7-9-26(10-8-24)21-11-16-13-27(14-17(16)12-22(21)28)23(29)19-15-25(2)20-6-4-3-5-18(19)20/h3-6,15-17,21-22,28H,7-14H2,1-2H3/t16-,17+,21-,22-/m1/s1. The number of para-hydroxylation sites is 1. The van der Waals surface area contributed by atoms with Gasteiger partial charge in [0.25, 0.3) is 5.91 Å². The number of likely N-dealkylation sites (tertiary alicyclic amines) is 1.